The van der Waals surface area contributed by atoms with E-state index in [1.54, 1.807) is 18.6 Å². The number of benzene rings is 1. The van der Waals surface area contributed by atoms with Gasteiger partial charge in [-0.15, -0.1) is 11.3 Å². The maximum atomic E-state index is 6.28. The van der Waals surface area contributed by atoms with Gasteiger partial charge in [0.05, 0.1) is 17.3 Å². The lowest BCUT2D eigenvalue weighted by atomic mass is 10.1. The van der Waals surface area contributed by atoms with E-state index in [2.05, 4.69) is 4.98 Å². The topological polar surface area (TPSA) is 27.1 Å². The van der Waals surface area contributed by atoms with Crippen LogP contribution in [-0.4, -0.2) is 9.55 Å². The van der Waals surface area contributed by atoms with E-state index in [0.29, 0.717) is 23.1 Å². The van der Waals surface area contributed by atoms with Crippen LogP contribution in [-0.2, 0) is 17.8 Å². The summed E-state index contributed by atoms with van der Waals surface area (Å²) in [4.78, 5) is 4.09. The molecule has 0 aliphatic rings. The summed E-state index contributed by atoms with van der Waals surface area (Å²) in [6.45, 7) is 0.427. The van der Waals surface area contributed by atoms with Crippen LogP contribution >= 0.6 is 46.1 Å². The molecule has 7 heteroatoms. The molecule has 3 aromatic rings. The SMILES string of the molecule is Clc1ccc(CC(OCc2ccsc2Cl)n2ccnc2)c(Cl)c1. The third-order valence-electron chi connectivity index (χ3n) is 3.39. The Bertz CT molecular complexity index is 773. The van der Waals surface area contributed by atoms with Crippen LogP contribution in [0.2, 0.25) is 14.4 Å². The molecule has 0 spiro atoms. The second-order valence-corrected chi connectivity index (χ2v) is 7.30. The van der Waals surface area contributed by atoms with Gasteiger partial charge in [0, 0.05) is 34.4 Å². The number of ether oxygens (including phenoxy) is 1. The highest BCUT2D eigenvalue weighted by atomic mass is 35.5. The van der Waals surface area contributed by atoms with Gasteiger partial charge in [-0.05, 0) is 29.1 Å². The minimum absolute atomic E-state index is 0.229. The summed E-state index contributed by atoms with van der Waals surface area (Å²) in [5.41, 5.74) is 1.94. The summed E-state index contributed by atoms with van der Waals surface area (Å²) in [6.07, 6.45) is 5.69. The molecule has 2 aromatic heterocycles. The second-order valence-electron chi connectivity index (χ2n) is 4.93. The first-order valence-corrected chi connectivity index (χ1v) is 8.89. The Balaban J connectivity index is 1.77. The van der Waals surface area contributed by atoms with Crippen molar-refractivity contribution in [1.82, 2.24) is 9.55 Å². The van der Waals surface area contributed by atoms with Crippen LogP contribution in [0.5, 0.6) is 0 Å². The normalized spacial score (nSPS) is 12.5. The minimum atomic E-state index is -0.229. The summed E-state index contributed by atoms with van der Waals surface area (Å²) in [6, 6.07) is 7.44. The van der Waals surface area contributed by atoms with Gasteiger partial charge in [-0.2, -0.15) is 0 Å². The van der Waals surface area contributed by atoms with Gasteiger partial charge in [-0.1, -0.05) is 40.9 Å². The molecule has 0 saturated carbocycles. The molecule has 1 unspecified atom stereocenters. The van der Waals surface area contributed by atoms with Crippen molar-refractivity contribution >= 4 is 46.1 Å². The highest BCUT2D eigenvalue weighted by Crippen LogP contribution is 2.28. The van der Waals surface area contributed by atoms with E-state index in [9.17, 15) is 0 Å². The summed E-state index contributed by atoms with van der Waals surface area (Å²) in [5, 5.41) is 3.19. The Labute approximate surface area is 153 Å². The molecule has 1 atom stereocenters. The minimum Gasteiger partial charge on any atom is -0.353 e. The Morgan fingerprint density at radius 2 is 2.04 bits per heavy atom. The van der Waals surface area contributed by atoms with E-state index in [1.165, 1.54) is 11.3 Å². The molecule has 0 fully saturated rings. The average molecular weight is 388 g/mol. The maximum Gasteiger partial charge on any atom is 0.139 e. The van der Waals surface area contributed by atoms with E-state index in [-0.39, 0.29) is 6.23 Å². The molecule has 2 heterocycles. The molecule has 0 saturated heterocycles. The highest BCUT2D eigenvalue weighted by Gasteiger charge is 2.15. The van der Waals surface area contributed by atoms with Gasteiger partial charge in [-0.25, -0.2) is 4.98 Å². The lowest BCUT2D eigenvalue weighted by Gasteiger charge is -2.20. The van der Waals surface area contributed by atoms with Crippen molar-refractivity contribution in [3.05, 3.63) is 73.9 Å². The van der Waals surface area contributed by atoms with Crippen molar-refractivity contribution in [3.63, 3.8) is 0 Å². The lowest BCUT2D eigenvalue weighted by Crippen LogP contribution is -2.14. The molecule has 3 nitrogen and oxygen atoms in total. The predicted octanol–water partition coefficient (Wildman–Crippen LogP) is 5.86. The van der Waals surface area contributed by atoms with E-state index < -0.39 is 0 Å². The van der Waals surface area contributed by atoms with E-state index in [4.69, 9.17) is 39.5 Å². The van der Waals surface area contributed by atoms with Crippen LogP contribution in [0.25, 0.3) is 0 Å². The first-order chi connectivity index (χ1) is 11.1. The molecule has 23 heavy (non-hydrogen) atoms. The number of nitrogens with zero attached hydrogens (tertiary/aromatic N) is 2. The first kappa shape index (κ1) is 16.8. The molecule has 0 aliphatic heterocycles. The zero-order valence-electron chi connectivity index (χ0n) is 12.0. The maximum absolute atomic E-state index is 6.28. The van der Waals surface area contributed by atoms with E-state index in [1.807, 2.05) is 34.3 Å². The molecular formula is C16H13Cl3N2OS. The molecule has 0 aliphatic carbocycles. The van der Waals surface area contributed by atoms with Gasteiger partial charge in [0.2, 0.25) is 0 Å². The molecule has 0 bridgehead atoms. The van der Waals surface area contributed by atoms with Crippen molar-refractivity contribution in [2.24, 2.45) is 0 Å². The number of aromatic nitrogens is 2. The number of rotatable bonds is 6. The Kier molecular flexibility index (Phi) is 5.62. The zero-order valence-corrected chi connectivity index (χ0v) is 15.0. The fraction of sp³-hybridized carbons (Fsp3) is 0.188. The van der Waals surface area contributed by atoms with Gasteiger partial charge >= 0.3 is 0 Å². The number of imidazole rings is 1. The van der Waals surface area contributed by atoms with Gasteiger partial charge in [-0.3, -0.25) is 0 Å². The van der Waals surface area contributed by atoms with Gasteiger partial charge in [0.15, 0.2) is 0 Å². The number of halogens is 3. The van der Waals surface area contributed by atoms with Crippen molar-refractivity contribution in [2.45, 2.75) is 19.3 Å². The highest BCUT2D eigenvalue weighted by molar-refractivity contribution is 7.14. The fourth-order valence-corrected chi connectivity index (χ4v) is 3.56. The van der Waals surface area contributed by atoms with Crippen molar-refractivity contribution in [1.29, 1.82) is 0 Å². The van der Waals surface area contributed by atoms with Gasteiger partial charge in [0.25, 0.3) is 0 Å². The molecule has 3 rings (SSSR count). The van der Waals surface area contributed by atoms with E-state index in [0.717, 1.165) is 15.5 Å². The van der Waals surface area contributed by atoms with Crippen molar-refractivity contribution in [3.8, 4) is 0 Å². The van der Waals surface area contributed by atoms with Crippen LogP contribution in [0.1, 0.15) is 17.4 Å². The van der Waals surface area contributed by atoms with Crippen LogP contribution in [0.15, 0.2) is 48.4 Å². The molecule has 120 valence electrons. The Morgan fingerprint density at radius 1 is 1.17 bits per heavy atom. The average Bonchev–Trinajstić information content (AvgIpc) is 3.17. The summed E-state index contributed by atoms with van der Waals surface area (Å²) in [7, 11) is 0. The number of thiophene rings is 1. The molecule has 0 amide bonds. The Hall–Kier alpha value is -1.04. The van der Waals surface area contributed by atoms with E-state index >= 15 is 0 Å². The standard InChI is InChI=1S/C16H13Cl3N2OS/c17-13-2-1-11(14(18)8-13)7-15(21-5-4-20-10-21)22-9-12-3-6-23-16(12)19/h1-6,8,10,15H,7,9H2. The lowest BCUT2D eigenvalue weighted by molar-refractivity contribution is -0.00904. The first-order valence-electron chi connectivity index (χ1n) is 6.88. The van der Waals surface area contributed by atoms with Crippen LogP contribution < -0.4 is 0 Å². The number of hydrogen-bond acceptors (Lipinski definition) is 3. The predicted molar refractivity (Wildman–Crippen MR) is 95.5 cm³/mol. The molecule has 1 aromatic carbocycles. The van der Waals surface area contributed by atoms with Gasteiger partial charge < -0.3 is 9.30 Å². The smallest absolute Gasteiger partial charge is 0.139 e. The molecule has 0 N–H and O–H groups in total. The zero-order chi connectivity index (χ0) is 16.2. The monoisotopic (exact) mass is 386 g/mol. The van der Waals surface area contributed by atoms with Crippen LogP contribution in [0.3, 0.4) is 0 Å². The third kappa shape index (κ3) is 4.28. The van der Waals surface area contributed by atoms with Crippen molar-refractivity contribution < 1.29 is 4.74 Å². The van der Waals surface area contributed by atoms with Gasteiger partial charge in [0.1, 0.15) is 6.23 Å². The molecular weight excluding hydrogens is 375 g/mol. The summed E-state index contributed by atoms with van der Waals surface area (Å²) < 4.78 is 8.71. The van der Waals surface area contributed by atoms with Crippen LogP contribution in [0.4, 0.5) is 0 Å². The number of hydrogen-bond donors (Lipinski definition) is 0. The second kappa shape index (κ2) is 7.69. The molecule has 0 radical (unpaired) electrons. The largest absolute Gasteiger partial charge is 0.353 e. The third-order valence-corrected chi connectivity index (χ3v) is 5.23. The summed E-state index contributed by atoms with van der Waals surface area (Å²) in [5.74, 6) is 0. The van der Waals surface area contributed by atoms with Crippen molar-refractivity contribution in [2.75, 3.05) is 0 Å². The fourth-order valence-electron chi connectivity index (χ4n) is 2.17. The Morgan fingerprint density at radius 3 is 2.70 bits per heavy atom. The van der Waals surface area contributed by atoms with Crippen LogP contribution in [0, 0.1) is 0 Å². The summed E-state index contributed by atoms with van der Waals surface area (Å²) >= 11 is 19.9. The quantitative estimate of drug-likeness (QED) is 0.529.